The van der Waals surface area contributed by atoms with Crippen LogP contribution in [0.1, 0.15) is 0 Å². The van der Waals surface area contributed by atoms with E-state index < -0.39 is 24.0 Å². The molecule has 2 saturated heterocycles. The molecule has 0 aliphatic carbocycles. The maximum absolute atomic E-state index is 12.7. The third kappa shape index (κ3) is 2.07. The number of hydroxylamine groups is 1. The molecule has 2 aromatic rings. The van der Waals surface area contributed by atoms with Crippen LogP contribution >= 0.6 is 11.3 Å². The fraction of sp³-hybridized carbons (Fsp3) is 0.267. The zero-order valence-electron chi connectivity index (χ0n) is 11.9. The second-order valence-electron chi connectivity index (χ2n) is 5.29. The number of imide groups is 1. The van der Waals surface area contributed by atoms with Gasteiger partial charge in [0.2, 0.25) is 5.91 Å². The number of aliphatic hydroxyl groups is 1. The number of hydrogen-bond acceptors (Lipinski definition) is 7. The van der Waals surface area contributed by atoms with Crippen LogP contribution in [0.25, 0.3) is 0 Å². The van der Waals surface area contributed by atoms with E-state index in [2.05, 4.69) is 4.98 Å². The molecule has 3 atom stereocenters. The summed E-state index contributed by atoms with van der Waals surface area (Å²) in [5.74, 6) is -1.56. The second-order valence-corrected chi connectivity index (χ2v) is 6.16. The van der Waals surface area contributed by atoms with Crippen LogP contribution < -0.4 is 9.96 Å². The van der Waals surface area contributed by atoms with Gasteiger partial charge in [0, 0.05) is 11.6 Å². The van der Waals surface area contributed by atoms with Gasteiger partial charge in [0.15, 0.2) is 11.2 Å². The Morgan fingerprint density at radius 3 is 2.65 bits per heavy atom. The van der Waals surface area contributed by atoms with E-state index in [1.165, 1.54) is 22.6 Å². The first kappa shape index (κ1) is 14.3. The van der Waals surface area contributed by atoms with Gasteiger partial charge in [-0.2, -0.15) is 0 Å². The number of fused-ring (bicyclic) bond motifs is 1. The number of carbonyl (C=O) groups excluding carboxylic acids is 2. The highest BCUT2D eigenvalue weighted by molar-refractivity contribution is 7.14. The summed E-state index contributed by atoms with van der Waals surface area (Å²) in [7, 11) is 0. The molecule has 3 heterocycles. The lowest BCUT2D eigenvalue weighted by Gasteiger charge is -2.26. The van der Waals surface area contributed by atoms with Crippen molar-refractivity contribution in [1.82, 2.24) is 4.98 Å². The number of amides is 2. The van der Waals surface area contributed by atoms with Crippen LogP contribution in [0.4, 0.5) is 10.8 Å². The monoisotopic (exact) mass is 331 g/mol. The van der Waals surface area contributed by atoms with Gasteiger partial charge in [-0.25, -0.2) is 14.9 Å². The predicted molar refractivity (Wildman–Crippen MR) is 82.8 cm³/mol. The third-order valence-corrected chi connectivity index (χ3v) is 4.80. The number of thiazole rings is 1. The summed E-state index contributed by atoms with van der Waals surface area (Å²) in [6, 6.07) is 8.51. The molecular formula is C15H13N3O4S. The molecule has 4 rings (SSSR count). The lowest BCUT2D eigenvalue weighted by molar-refractivity contribution is -0.126. The molecule has 1 aromatic heterocycles. The Hall–Kier alpha value is -2.29. The molecule has 23 heavy (non-hydrogen) atoms. The van der Waals surface area contributed by atoms with Crippen LogP contribution in [0, 0.1) is 5.92 Å². The highest BCUT2D eigenvalue weighted by Crippen LogP contribution is 2.40. The van der Waals surface area contributed by atoms with E-state index in [-0.39, 0.29) is 12.5 Å². The molecule has 118 valence electrons. The molecule has 2 amide bonds. The van der Waals surface area contributed by atoms with Crippen LogP contribution in [0.5, 0.6) is 0 Å². The maximum Gasteiger partial charge on any atom is 0.268 e. The number of nitrogens with zero attached hydrogens (tertiary/aromatic N) is 3. The Kier molecular flexibility index (Phi) is 3.37. The number of aromatic nitrogens is 1. The van der Waals surface area contributed by atoms with Crippen LogP contribution in [-0.4, -0.2) is 40.7 Å². The van der Waals surface area contributed by atoms with Crippen molar-refractivity contribution in [1.29, 1.82) is 0 Å². The number of rotatable bonds is 3. The summed E-state index contributed by atoms with van der Waals surface area (Å²) in [5, 5.41) is 13.2. The minimum atomic E-state index is -0.927. The highest BCUT2D eigenvalue weighted by atomic mass is 32.1. The predicted octanol–water partition coefficient (Wildman–Crippen LogP) is 0.814. The van der Waals surface area contributed by atoms with Crippen LogP contribution in [0.3, 0.4) is 0 Å². The van der Waals surface area contributed by atoms with Gasteiger partial charge in [-0.15, -0.1) is 11.3 Å². The standard InChI is InChI=1S/C15H13N3O4S/c19-8-10-11-12(22-18(10)9-4-2-1-3-5-9)14(21)17(13(11)20)15-16-6-7-23-15/h1-7,10-12,19H,8H2. The molecule has 0 spiro atoms. The quantitative estimate of drug-likeness (QED) is 0.838. The molecular weight excluding hydrogens is 318 g/mol. The molecule has 2 fully saturated rings. The molecule has 1 N–H and O–H groups in total. The minimum Gasteiger partial charge on any atom is -0.394 e. The fourth-order valence-corrected chi connectivity index (χ4v) is 3.67. The Balaban J connectivity index is 1.68. The van der Waals surface area contributed by atoms with Crippen molar-refractivity contribution in [3.8, 4) is 0 Å². The molecule has 7 nitrogen and oxygen atoms in total. The molecule has 2 aliphatic heterocycles. The Bertz CT molecular complexity index is 736. The van der Waals surface area contributed by atoms with Gasteiger partial charge >= 0.3 is 0 Å². The molecule has 0 radical (unpaired) electrons. The highest BCUT2D eigenvalue weighted by Gasteiger charge is 2.60. The van der Waals surface area contributed by atoms with Crippen molar-refractivity contribution >= 4 is 34.0 Å². The maximum atomic E-state index is 12.7. The van der Waals surface area contributed by atoms with Crippen molar-refractivity contribution in [2.75, 3.05) is 16.6 Å². The molecule has 1 aromatic carbocycles. The number of anilines is 2. The SMILES string of the molecule is O=C1C2ON(c3ccccc3)C(CO)C2C(=O)N1c1nccs1. The van der Waals surface area contributed by atoms with E-state index >= 15 is 0 Å². The summed E-state index contributed by atoms with van der Waals surface area (Å²) >= 11 is 1.21. The zero-order valence-corrected chi connectivity index (χ0v) is 12.7. The Labute approximate surface area is 135 Å². The topological polar surface area (TPSA) is 83.0 Å². The van der Waals surface area contributed by atoms with Crippen LogP contribution in [0.15, 0.2) is 41.9 Å². The van der Waals surface area contributed by atoms with E-state index in [1.807, 2.05) is 18.2 Å². The molecule has 2 aliphatic rings. The smallest absolute Gasteiger partial charge is 0.268 e. The van der Waals surface area contributed by atoms with Crippen molar-refractivity contribution in [3.63, 3.8) is 0 Å². The lowest BCUT2D eigenvalue weighted by atomic mass is 9.97. The van der Waals surface area contributed by atoms with Crippen molar-refractivity contribution < 1.29 is 19.5 Å². The summed E-state index contributed by atoms with van der Waals surface area (Å²) in [6.45, 7) is -0.291. The first-order valence-electron chi connectivity index (χ1n) is 7.11. The number of hydrogen-bond donors (Lipinski definition) is 1. The van der Waals surface area contributed by atoms with Gasteiger partial charge in [-0.1, -0.05) is 18.2 Å². The van der Waals surface area contributed by atoms with E-state index in [0.29, 0.717) is 10.8 Å². The summed E-state index contributed by atoms with van der Waals surface area (Å²) in [6.07, 6.45) is 0.610. The lowest BCUT2D eigenvalue weighted by Crippen LogP contribution is -2.42. The van der Waals surface area contributed by atoms with Crippen molar-refractivity contribution in [3.05, 3.63) is 41.9 Å². The molecule has 3 unspecified atom stereocenters. The zero-order chi connectivity index (χ0) is 16.0. The van der Waals surface area contributed by atoms with Gasteiger partial charge in [-0.3, -0.25) is 14.4 Å². The Morgan fingerprint density at radius 1 is 1.22 bits per heavy atom. The summed E-state index contributed by atoms with van der Waals surface area (Å²) < 4.78 is 0. The van der Waals surface area contributed by atoms with Crippen LogP contribution in [0.2, 0.25) is 0 Å². The molecule has 0 bridgehead atoms. The van der Waals surface area contributed by atoms with Crippen molar-refractivity contribution in [2.45, 2.75) is 12.1 Å². The number of carbonyl (C=O) groups is 2. The summed E-state index contributed by atoms with van der Waals surface area (Å²) in [5.41, 5.74) is 0.697. The first-order chi connectivity index (χ1) is 11.2. The summed E-state index contributed by atoms with van der Waals surface area (Å²) in [4.78, 5) is 36.1. The largest absolute Gasteiger partial charge is 0.394 e. The van der Waals surface area contributed by atoms with Gasteiger partial charge in [0.25, 0.3) is 5.91 Å². The second kappa shape index (κ2) is 5.41. The van der Waals surface area contributed by atoms with E-state index in [4.69, 9.17) is 4.84 Å². The number of benzene rings is 1. The van der Waals surface area contributed by atoms with Gasteiger partial charge < -0.3 is 5.11 Å². The van der Waals surface area contributed by atoms with Gasteiger partial charge in [0.05, 0.1) is 18.3 Å². The van der Waals surface area contributed by atoms with Crippen molar-refractivity contribution in [2.24, 2.45) is 5.92 Å². The number of para-hydroxylation sites is 1. The van der Waals surface area contributed by atoms with E-state index in [9.17, 15) is 14.7 Å². The van der Waals surface area contributed by atoms with E-state index in [1.54, 1.807) is 17.5 Å². The third-order valence-electron chi connectivity index (χ3n) is 4.05. The first-order valence-corrected chi connectivity index (χ1v) is 7.99. The van der Waals surface area contributed by atoms with Crippen LogP contribution in [-0.2, 0) is 14.4 Å². The fourth-order valence-electron chi connectivity index (χ4n) is 3.02. The van der Waals surface area contributed by atoms with Gasteiger partial charge in [-0.05, 0) is 12.1 Å². The van der Waals surface area contributed by atoms with Gasteiger partial charge in [0.1, 0.15) is 5.92 Å². The van der Waals surface area contributed by atoms with E-state index in [0.717, 1.165) is 4.90 Å². The average molecular weight is 331 g/mol. The number of aliphatic hydroxyl groups excluding tert-OH is 1. The molecule has 8 heteroatoms. The average Bonchev–Trinajstić information content (AvgIpc) is 3.26. The Morgan fingerprint density at radius 2 is 2.00 bits per heavy atom. The molecule has 0 saturated carbocycles. The minimum absolute atomic E-state index is 0.291. The normalized spacial score (nSPS) is 26.9.